The molecule has 0 radical (unpaired) electrons. The maximum atomic E-state index is 13.3. The number of carbonyl (C=O) groups is 2. The Morgan fingerprint density at radius 1 is 1.22 bits per heavy atom. The fourth-order valence-corrected chi connectivity index (χ4v) is 3.92. The predicted octanol–water partition coefficient (Wildman–Crippen LogP) is 3.36. The molecule has 4 rings (SSSR count). The molecule has 0 saturated heterocycles. The van der Waals surface area contributed by atoms with Gasteiger partial charge in [-0.25, -0.2) is 4.98 Å². The number of rotatable bonds is 4. The summed E-state index contributed by atoms with van der Waals surface area (Å²) in [6.45, 7) is 1.93. The van der Waals surface area contributed by atoms with Gasteiger partial charge in [0.15, 0.2) is 5.13 Å². The normalized spacial score (nSPS) is 15.3. The van der Waals surface area contributed by atoms with Gasteiger partial charge < -0.3 is 10.0 Å². The van der Waals surface area contributed by atoms with Gasteiger partial charge in [0.25, 0.3) is 11.8 Å². The third-order valence-corrected chi connectivity index (χ3v) is 5.57. The molecule has 1 atom stereocenters. The SMILES string of the molecule is CC(C(=O)Nc1nccs1)(c1ccccc1O)N1Cc2ccccc2C1=O. The minimum atomic E-state index is -1.41. The number of aromatic hydroxyl groups is 1. The highest BCUT2D eigenvalue weighted by Crippen LogP contribution is 2.40. The van der Waals surface area contributed by atoms with E-state index in [9.17, 15) is 14.7 Å². The van der Waals surface area contributed by atoms with Crippen LogP contribution in [0.2, 0.25) is 0 Å². The molecular formula is C20H17N3O3S. The molecule has 6 nitrogen and oxygen atoms in total. The van der Waals surface area contributed by atoms with Crippen LogP contribution in [0, 0.1) is 0 Å². The Morgan fingerprint density at radius 2 is 1.96 bits per heavy atom. The van der Waals surface area contributed by atoms with E-state index in [4.69, 9.17) is 0 Å². The van der Waals surface area contributed by atoms with Crippen molar-refractivity contribution in [2.45, 2.75) is 19.0 Å². The van der Waals surface area contributed by atoms with Gasteiger partial charge in [-0.15, -0.1) is 11.3 Å². The first-order valence-corrected chi connectivity index (χ1v) is 9.29. The topological polar surface area (TPSA) is 82.5 Å². The van der Waals surface area contributed by atoms with Gasteiger partial charge in [0.05, 0.1) is 0 Å². The molecule has 2 N–H and O–H groups in total. The molecule has 136 valence electrons. The van der Waals surface area contributed by atoms with Crippen LogP contribution in [0.1, 0.15) is 28.4 Å². The van der Waals surface area contributed by atoms with Crippen molar-refractivity contribution in [3.8, 4) is 5.75 Å². The molecule has 0 bridgehead atoms. The molecule has 0 aliphatic carbocycles. The summed E-state index contributed by atoms with van der Waals surface area (Å²) in [4.78, 5) is 32.0. The second-order valence-corrected chi connectivity index (χ2v) is 7.32. The standard InChI is InChI=1S/C20H17N3O3S/c1-20(15-8-4-5-9-16(15)24,18(26)22-19-21-10-11-27-19)23-12-13-6-2-3-7-14(13)17(23)25/h2-11,24H,12H2,1H3,(H,21,22,26). The molecule has 3 aromatic rings. The number of thiazole rings is 1. The number of fused-ring (bicyclic) bond motifs is 1. The third-order valence-electron chi connectivity index (χ3n) is 4.88. The van der Waals surface area contributed by atoms with Gasteiger partial charge in [0.2, 0.25) is 0 Å². The molecule has 1 aromatic heterocycles. The Bertz CT molecular complexity index is 1020. The average Bonchev–Trinajstić information content (AvgIpc) is 3.30. The van der Waals surface area contributed by atoms with Crippen LogP contribution < -0.4 is 5.32 Å². The number of phenols is 1. The highest BCUT2D eigenvalue weighted by Gasteiger charge is 2.48. The van der Waals surface area contributed by atoms with E-state index < -0.39 is 11.4 Å². The van der Waals surface area contributed by atoms with E-state index in [1.807, 2.05) is 12.1 Å². The molecule has 2 amide bonds. The van der Waals surface area contributed by atoms with Crippen molar-refractivity contribution in [3.63, 3.8) is 0 Å². The maximum absolute atomic E-state index is 13.3. The van der Waals surface area contributed by atoms with E-state index >= 15 is 0 Å². The van der Waals surface area contributed by atoms with E-state index in [1.54, 1.807) is 48.8 Å². The number of amides is 2. The van der Waals surface area contributed by atoms with Crippen molar-refractivity contribution in [1.29, 1.82) is 0 Å². The molecule has 1 aliphatic heterocycles. The molecule has 0 saturated carbocycles. The highest BCUT2D eigenvalue weighted by molar-refractivity contribution is 7.13. The number of aromatic nitrogens is 1. The van der Waals surface area contributed by atoms with Gasteiger partial charge >= 0.3 is 0 Å². The van der Waals surface area contributed by atoms with Gasteiger partial charge in [-0.05, 0) is 24.6 Å². The number of nitrogens with zero attached hydrogens (tertiary/aromatic N) is 2. The summed E-state index contributed by atoms with van der Waals surface area (Å²) in [5.74, 6) is -0.719. The molecule has 1 aliphatic rings. The second kappa shape index (κ2) is 6.51. The number of benzene rings is 2. The quantitative estimate of drug-likeness (QED) is 0.728. The molecule has 7 heteroatoms. The summed E-state index contributed by atoms with van der Waals surface area (Å²) in [5.41, 5.74) is 0.375. The lowest BCUT2D eigenvalue weighted by atomic mass is 9.88. The molecule has 0 fully saturated rings. The van der Waals surface area contributed by atoms with Crippen LogP contribution in [0.25, 0.3) is 0 Å². The first-order chi connectivity index (χ1) is 13.0. The van der Waals surface area contributed by atoms with Crippen molar-refractivity contribution in [3.05, 3.63) is 76.8 Å². The minimum absolute atomic E-state index is 0.0435. The Balaban J connectivity index is 1.81. The van der Waals surface area contributed by atoms with Gasteiger partial charge in [-0.2, -0.15) is 0 Å². The van der Waals surface area contributed by atoms with Crippen LogP contribution in [-0.2, 0) is 16.9 Å². The zero-order valence-corrected chi connectivity index (χ0v) is 15.4. The van der Waals surface area contributed by atoms with Crippen molar-refractivity contribution in [2.24, 2.45) is 0 Å². The monoisotopic (exact) mass is 379 g/mol. The molecule has 2 heterocycles. The molecule has 2 aromatic carbocycles. The fraction of sp³-hybridized carbons (Fsp3) is 0.150. The average molecular weight is 379 g/mol. The highest BCUT2D eigenvalue weighted by atomic mass is 32.1. The van der Waals surface area contributed by atoms with Gasteiger partial charge in [-0.1, -0.05) is 36.4 Å². The number of anilines is 1. The van der Waals surface area contributed by atoms with Crippen molar-refractivity contribution in [2.75, 3.05) is 5.32 Å². The number of nitrogens with one attached hydrogen (secondary N) is 1. The van der Waals surface area contributed by atoms with Crippen LogP contribution in [0.4, 0.5) is 5.13 Å². The van der Waals surface area contributed by atoms with E-state index in [-0.39, 0.29) is 18.2 Å². The Labute approximate surface area is 160 Å². The summed E-state index contributed by atoms with van der Waals surface area (Å²) in [6.07, 6.45) is 1.59. The fourth-order valence-electron chi connectivity index (χ4n) is 3.40. The molecule has 0 spiro atoms. The molecular weight excluding hydrogens is 362 g/mol. The summed E-state index contributed by atoms with van der Waals surface area (Å²) < 4.78 is 0. The zero-order valence-electron chi connectivity index (χ0n) is 14.5. The van der Waals surface area contributed by atoms with Crippen LogP contribution in [0.5, 0.6) is 5.75 Å². The number of para-hydroxylation sites is 1. The lowest BCUT2D eigenvalue weighted by molar-refractivity contribution is -0.126. The molecule has 27 heavy (non-hydrogen) atoms. The Hall–Kier alpha value is -3.19. The second-order valence-electron chi connectivity index (χ2n) is 6.43. The lowest BCUT2D eigenvalue weighted by Crippen LogP contribution is -2.52. The van der Waals surface area contributed by atoms with Gasteiger partial charge in [-0.3, -0.25) is 14.9 Å². The smallest absolute Gasteiger partial charge is 0.256 e. The van der Waals surface area contributed by atoms with Gasteiger partial charge in [0, 0.05) is 29.2 Å². The van der Waals surface area contributed by atoms with E-state index in [1.165, 1.54) is 22.3 Å². The van der Waals surface area contributed by atoms with Gasteiger partial charge in [0.1, 0.15) is 11.3 Å². The Morgan fingerprint density at radius 3 is 2.67 bits per heavy atom. The molecule has 1 unspecified atom stereocenters. The number of carbonyl (C=O) groups excluding carboxylic acids is 2. The van der Waals surface area contributed by atoms with Crippen LogP contribution in [0.3, 0.4) is 0 Å². The minimum Gasteiger partial charge on any atom is -0.508 e. The lowest BCUT2D eigenvalue weighted by Gasteiger charge is -2.37. The van der Waals surface area contributed by atoms with Crippen molar-refractivity contribution < 1.29 is 14.7 Å². The van der Waals surface area contributed by atoms with Crippen LogP contribution in [-0.4, -0.2) is 26.8 Å². The maximum Gasteiger partial charge on any atom is 0.256 e. The van der Waals surface area contributed by atoms with E-state index in [0.29, 0.717) is 16.3 Å². The van der Waals surface area contributed by atoms with E-state index in [2.05, 4.69) is 10.3 Å². The Kier molecular flexibility index (Phi) is 4.16. The van der Waals surface area contributed by atoms with Crippen molar-refractivity contribution in [1.82, 2.24) is 9.88 Å². The van der Waals surface area contributed by atoms with Crippen molar-refractivity contribution >= 4 is 28.3 Å². The zero-order chi connectivity index (χ0) is 19.0. The number of hydrogen-bond acceptors (Lipinski definition) is 5. The van der Waals surface area contributed by atoms with E-state index in [0.717, 1.165) is 5.56 Å². The summed E-state index contributed by atoms with van der Waals surface area (Å²) in [6, 6.07) is 13.9. The van der Waals surface area contributed by atoms with Crippen LogP contribution >= 0.6 is 11.3 Å². The third kappa shape index (κ3) is 2.76. The predicted molar refractivity (Wildman–Crippen MR) is 103 cm³/mol. The first kappa shape index (κ1) is 17.2. The largest absolute Gasteiger partial charge is 0.508 e. The number of hydrogen-bond donors (Lipinski definition) is 2. The summed E-state index contributed by atoms with van der Waals surface area (Å²) >= 11 is 1.29. The summed E-state index contributed by atoms with van der Waals surface area (Å²) in [5, 5.41) is 15.4. The van der Waals surface area contributed by atoms with Crippen LogP contribution in [0.15, 0.2) is 60.1 Å². The first-order valence-electron chi connectivity index (χ1n) is 8.41. The summed E-state index contributed by atoms with van der Waals surface area (Å²) in [7, 11) is 0. The number of phenolic OH excluding ortho intramolecular Hbond substituents is 1.